The number of β-lactam (4-membered cyclic amide) rings is 1. The van der Waals surface area contributed by atoms with E-state index in [2.05, 4.69) is 30.8 Å². The van der Waals surface area contributed by atoms with Crippen molar-refractivity contribution in [3.05, 3.63) is 84.4 Å². The molecule has 20 heavy (non-hydrogen) atoms. The highest BCUT2D eigenvalue weighted by molar-refractivity contribution is 5.88. The maximum atomic E-state index is 12.2. The smallest absolute Gasteiger partial charge is 0.232 e. The molecule has 1 heterocycles. The van der Waals surface area contributed by atoms with Crippen molar-refractivity contribution in [2.45, 2.75) is 12.6 Å². The van der Waals surface area contributed by atoms with Crippen LogP contribution in [0.3, 0.4) is 0 Å². The van der Waals surface area contributed by atoms with Crippen LogP contribution in [0.1, 0.15) is 17.2 Å². The average Bonchev–Trinajstić information content (AvgIpc) is 2.51. The summed E-state index contributed by atoms with van der Waals surface area (Å²) in [5.41, 5.74) is 2.33. The largest absolute Gasteiger partial charge is 0.330 e. The van der Waals surface area contributed by atoms with Crippen molar-refractivity contribution >= 4 is 5.91 Å². The SMILES string of the molecule is C=C[C@@H]1C(=O)N(Cc2ccccc2)[C@@H]1c1ccccc1. The number of benzene rings is 2. The Kier molecular flexibility index (Phi) is 3.38. The van der Waals surface area contributed by atoms with Gasteiger partial charge in [-0.2, -0.15) is 0 Å². The minimum Gasteiger partial charge on any atom is -0.330 e. The maximum Gasteiger partial charge on any atom is 0.232 e. The Morgan fingerprint density at radius 2 is 1.60 bits per heavy atom. The highest BCUT2D eigenvalue weighted by atomic mass is 16.2. The Balaban J connectivity index is 1.86. The lowest BCUT2D eigenvalue weighted by Crippen LogP contribution is -2.53. The topological polar surface area (TPSA) is 20.3 Å². The lowest BCUT2D eigenvalue weighted by Gasteiger charge is -2.46. The van der Waals surface area contributed by atoms with Gasteiger partial charge in [0.15, 0.2) is 0 Å². The molecule has 1 saturated heterocycles. The third-order valence-corrected chi connectivity index (χ3v) is 3.83. The molecule has 2 aromatic carbocycles. The van der Waals surface area contributed by atoms with Gasteiger partial charge in [-0.25, -0.2) is 0 Å². The molecule has 0 radical (unpaired) electrons. The summed E-state index contributed by atoms with van der Waals surface area (Å²) in [4.78, 5) is 14.2. The summed E-state index contributed by atoms with van der Waals surface area (Å²) in [6, 6.07) is 20.4. The van der Waals surface area contributed by atoms with Crippen LogP contribution in [0.2, 0.25) is 0 Å². The Morgan fingerprint density at radius 1 is 1.00 bits per heavy atom. The normalized spacial score (nSPS) is 21.4. The molecule has 0 unspecified atom stereocenters. The van der Waals surface area contributed by atoms with Crippen LogP contribution in [0.4, 0.5) is 0 Å². The van der Waals surface area contributed by atoms with Gasteiger partial charge in [-0.3, -0.25) is 4.79 Å². The quantitative estimate of drug-likeness (QED) is 0.610. The summed E-state index contributed by atoms with van der Waals surface area (Å²) in [6.07, 6.45) is 1.77. The van der Waals surface area contributed by atoms with Crippen LogP contribution in [-0.2, 0) is 11.3 Å². The van der Waals surface area contributed by atoms with Gasteiger partial charge in [-0.1, -0.05) is 66.7 Å². The molecule has 3 rings (SSSR count). The number of hydrogen-bond acceptors (Lipinski definition) is 1. The van der Waals surface area contributed by atoms with Gasteiger partial charge in [0.05, 0.1) is 12.0 Å². The molecule has 0 bridgehead atoms. The summed E-state index contributed by atoms with van der Waals surface area (Å²) in [5, 5.41) is 0. The number of amides is 1. The van der Waals surface area contributed by atoms with E-state index in [9.17, 15) is 4.79 Å². The standard InChI is InChI=1S/C18H17NO/c1-2-16-17(15-11-7-4-8-12-15)19(18(16)20)13-14-9-5-3-6-10-14/h2-12,16-17H,1,13H2/t16-,17+/m0/s1. The van der Waals surface area contributed by atoms with Crippen LogP contribution in [-0.4, -0.2) is 10.8 Å². The summed E-state index contributed by atoms with van der Waals surface area (Å²) >= 11 is 0. The van der Waals surface area contributed by atoms with Crippen LogP contribution in [0, 0.1) is 5.92 Å². The van der Waals surface area contributed by atoms with Gasteiger partial charge < -0.3 is 4.90 Å². The van der Waals surface area contributed by atoms with Crippen LogP contribution < -0.4 is 0 Å². The van der Waals surface area contributed by atoms with Gasteiger partial charge in [-0.05, 0) is 11.1 Å². The molecule has 2 atom stereocenters. The maximum absolute atomic E-state index is 12.2. The molecule has 2 heteroatoms. The average molecular weight is 263 g/mol. The number of rotatable bonds is 4. The van der Waals surface area contributed by atoms with Gasteiger partial charge in [-0.15, -0.1) is 6.58 Å². The number of carbonyl (C=O) groups is 1. The van der Waals surface area contributed by atoms with E-state index in [0.29, 0.717) is 6.54 Å². The van der Waals surface area contributed by atoms with Crippen molar-refractivity contribution in [1.82, 2.24) is 4.90 Å². The van der Waals surface area contributed by atoms with Crippen molar-refractivity contribution in [2.24, 2.45) is 5.92 Å². The lowest BCUT2D eigenvalue weighted by atomic mass is 9.82. The zero-order valence-electron chi connectivity index (χ0n) is 11.3. The van der Waals surface area contributed by atoms with Gasteiger partial charge in [0.25, 0.3) is 0 Å². The molecule has 0 N–H and O–H groups in total. The molecular formula is C18H17NO. The molecule has 1 fully saturated rings. The predicted molar refractivity (Wildman–Crippen MR) is 79.9 cm³/mol. The molecular weight excluding hydrogens is 246 g/mol. The summed E-state index contributed by atoms with van der Waals surface area (Å²) in [7, 11) is 0. The van der Waals surface area contributed by atoms with Gasteiger partial charge in [0, 0.05) is 6.54 Å². The van der Waals surface area contributed by atoms with Crippen LogP contribution >= 0.6 is 0 Å². The van der Waals surface area contributed by atoms with Gasteiger partial charge in [0.1, 0.15) is 0 Å². The summed E-state index contributed by atoms with van der Waals surface area (Å²) in [5.74, 6) is 0.0684. The predicted octanol–water partition coefficient (Wildman–Crippen LogP) is 3.57. The molecule has 1 aliphatic heterocycles. The minimum atomic E-state index is -0.0962. The monoisotopic (exact) mass is 263 g/mol. The summed E-state index contributed by atoms with van der Waals surface area (Å²) in [6.45, 7) is 4.46. The second-order valence-electron chi connectivity index (χ2n) is 5.07. The first-order chi connectivity index (χ1) is 9.81. The highest BCUT2D eigenvalue weighted by Gasteiger charge is 2.45. The van der Waals surface area contributed by atoms with Crippen LogP contribution in [0.5, 0.6) is 0 Å². The van der Waals surface area contributed by atoms with Crippen LogP contribution in [0.25, 0.3) is 0 Å². The fraction of sp³-hybridized carbons (Fsp3) is 0.167. The zero-order valence-corrected chi connectivity index (χ0v) is 11.3. The Bertz CT molecular complexity index is 606. The fourth-order valence-electron chi connectivity index (χ4n) is 2.80. The zero-order chi connectivity index (χ0) is 13.9. The van der Waals surface area contributed by atoms with E-state index in [0.717, 1.165) is 5.56 Å². The second-order valence-corrected chi connectivity index (χ2v) is 5.07. The van der Waals surface area contributed by atoms with Crippen molar-refractivity contribution in [3.63, 3.8) is 0 Å². The molecule has 2 aromatic rings. The van der Waals surface area contributed by atoms with Crippen molar-refractivity contribution < 1.29 is 4.79 Å². The number of likely N-dealkylation sites (tertiary alicyclic amines) is 1. The molecule has 0 aromatic heterocycles. The number of hydrogen-bond donors (Lipinski definition) is 0. The van der Waals surface area contributed by atoms with Crippen molar-refractivity contribution in [2.75, 3.05) is 0 Å². The molecule has 0 saturated carbocycles. The van der Waals surface area contributed by atoms with Crippen molar-refractivity contribution in [1.29, 1.82) is 0 Å². The van der Waals surface area contributed by atoms with E-state index < -0.39 is 0 Å². The first kappa shape index (κ1) is 12.7. The Morgan fingerprint density at radius 3 is 2.20 bits per heavy atom. The third-order valence-electron chi connectivity index (χ3n) is 3.83. The summed E-state index contributed by atoms with van der Waals surface area (Å²) < 4.78 is 0. The van der Waals surface area contributed by atoms with E-state index >= 15 is 0 Å². The highest BCUT2D eigenvalue weighted by Crippen LogP contribution is 2.41. The van der Waals surface area contributed by atoms with E-state index in [1.165, 1.54) is 5.56 Å². The Hall–Kier alpha value is -2.35. The second kappa shape index (κ2) is 5.33. The van der Waals surface area contributed by atoms with Crippen LogP contribution in [0.15, 0.2) is 73.3 Å². The van der Waals surface area contributed by atoms with Crippen molar-refractivity contribution in [3.8, 4) is 0 Å². The van der Waals surface area contributed by atoms with E-state index in [1.54, 1.807) is 6.08 Å². The molecule has 0 spiro atoms. The molecule has 0 aliphatic carbocycles. The first-order valence-corrected chi connectivity index (χ1v) is 6.83. The molecule has 1 amide bonds. The first-order valence-electron chi connectivity index (χ1n) is 6.83. The van der Waals surface area contributed by atoms with Gasteiger partial charge in [0.2, 0.25) is 5.91 Å². The number of nitrogens with zero attached hydrogens (tertiary/aromatic N) is 1. The van der Waals surface area contributed by atoms with E-state index in [1.807, 2.05) is 41.3 Å². The lowest BCUT2D eigenvalue weighted by molar-refractivity contribution is -0.154. The molecule has 2 nitrogen and oxygen atoms in total. The fourth-order valence-corrected chi connectivity index (χ4v) is 2.80. The van der Waals surface area contributed by atoms with E-state index in [4.69, 9.17) is 0 Å². The molecule has 1 aliphatic rings. The third kappa shape index (κ3) is 2.14. The van der Waals surface area contributed by atoms with Gasteiger partial charge >= 0.3 is 0 Å². The number of carbonyl (C=O) groups excluding carboxylic acids is 1. The Labute approximate surface area is 119 Å². The minimum absolute atomic E-state index is 0.0962. The van der Waals surface area contributed by atoms with E-state index in [-0.39, 0.29) is 17.9 Å². The molecule has 100 valence electrons.